The zero-order chi connectivity index (χ0) is 22.2. The van der Waals surface area contributed by atoms with E-state index in [-0.39, 0.29) is 11.1 Å². The average molecular weight is 423 g/mol. The SMILES string of the molecule is COc1ccc(Cn2ccc3c(c(C)nc4ccn(-c5ccccc5)c(=O)c43)c2=O)cc1. The normalized spacial score (nSPS) is 11.2. The molecule has 0 aliphatic carbocycles. The zero-order valence-corrected chi connectivity index (χ0v) is 17.8. The lowest BCUT2D eigenvalue weighted by Crippen LogP contribution is -2.23. The summed E-state index contributed by atoms with van der Waals surface area (Å²) >= 11 is 0. The van der Waals surface area contributed by atoms with Gasteiger partial charge in [0.25, 0.3) is 11.1 Å². The fraction of sp³-hybridized carbons (Fsp3) is 0.115. The van der Waals surface area contributed by atoms with E-state index in [0.717, 1.165) is 17.0 Å². The van der Waals surface area contributed by atoms with Crippen LogP contribution in [0, 0.1) is 6.92 Å². The van der Waals surface area contributed by atoms with Gasteiger partial charge >= 0.3 is 0 Å². The van der Waals surface area contributed by atoms with Crippen molar-refractivity contribution in [1.82, 2.24) is 14.1 Å². The van der Waals surface area contributed by atoms with Crippen LogP contribution in [0.4, 0.5) is 0 Å². The molecule has 3 heterocycles. The molecule has 158 valence electrons. The third kappa shape index (κ3) is 3.26. The molecule has 6 heteroatoms. The monoisotopic (exact) mass is 423 g/mol. The summed E-state index contributed by atoms with van der Waals surface area (Å²) < 4.78 is 8.43. The summed E-state index contributed by atoms with van der Waals surface area (Å²) in [7, 11) is 1.62. The smallest absolute Gasteiger partial charge is 0.265 e. The molecule has 0 radical (unpaired) electrons. The van der Waals surface area contributed by atoms with Gasteiger partial charge in [-0.1, -0.05) is 30.3 Å². The van der Waals surface area contributed by atoms with Crippen LogP contribution in [0.3, 0.4) is 0 Å². The maximum atomic E-state index is 13.4. The van der Waals surface area contributed by atoms with Crippen LogP contribution in [0.2, 0.25) is 0 Å². The quantitative estimate of drug-likeness (QED) is 0.409. The predicted octanol–water partition coefficient (Wildman–Crippen LogP) is 4.07. The highest BCUT2D eigenvalue weighted by molar-refractivity contribution is 6.05. The van der Waals surface area contributed by atoms with Crippen LogP contribution in [0.5, 0.6) is 5.75 Å². The highest BCUT2D eigenvalue weighted by atomic mass is 16.5. The van der Waals surface area contributed by atoms with Crippen LogP contribution in [0.1, 0.15) is 11.3 Å². The van der Waals surface area contributed by atoms with E-state index in [1.807, 2.05) is 73.7 Å². The van der Waals surface area contributed by atoms with Gasteiger partial charge in [0.1, 0.15) is 5.75 Å². The average Bonchev–Trinajstić information content (AvgIpc) is 2.82. The van der Waals surface area contributed by atoms with Gasteiger partial charge in [-0.25, -0.2) is 0 Å². The Balaban J connectivity index is 1.70. The van der Waals surface area contributed by atoms with Crippen LogP contribution in [0.25, 0.3) is 27.4 Å². The van der Waals surface area contributed by atoms with E-state index in [4.69, 9.17) is 4.74 Å². The first kappa shape index (κ1) is 19.8. The summed E-state index contributed by atoms with van der Waals surface area (Å²) in [4.78, 5) is 31.4. The molecule has 32 heavy (non-hydrogen) atoms. The number of fused-ring (bicyclic) bond motifs is 3. The van der Waals surface area contributed by atoms with Crippen molar-refractivity contribution in [2.45, 2.75) is 13.5 Å². The molecule has 3 aromatic heterocycles. The fourth-order valence-electron chi connectivity index (χ4n) is 4.09. The molecule has 5 rings (SSSR count). The van der Waals surface area contributed by atoms with E-state index < -0.39 is 0 Å². The number of rotatable bonds is 4. The van der Waals surface area contributed by atoms with Crippen LogP contribution in [0.15, 0.2) is 88.7 Å². The van der Waals surface area contributed by atoms with Gasteiger partial charge in [0, 0.05) is 23.5 Å². The number of ether oxygens (including phenoxy) is 1. The summed E-state index contributed by atoms with van der Waals surface area (Å²) in [5.41, 5.74) is 2.57. The number of pyridine rings is 3. The lowest BCUT2D eigenvalue weighted by Gasteiger charge is -2.12. The van der Waals surface area contributed by atoms with E-state index in [0.29, 0.717) is 33.9 Å². The number of para-hydroxylation sites is 1. The van der Waals surface area contributed by atoms with E-state index in [2.05, 4.69) is 4.98 Å². The maximum absolute atomic E-state index is 13.4. The van der Waals surface area contributed by atoms with Crippen molar-refractivity contribution in [3.8, 4) is 11.4 Å². The molecule has 0 unspecified atom stereocenters. The molecule has 0 saturated heterocycles. The first-order valence-corrected chi connectivity index (χ1v) is 10.3. The lowest BCUT2D eigenvalue weighted by molar-refractivity contribution is 0.414. The molecule has 0 N–H and O–H groups in total. The lowest BCUT2D eigenvalue weighted by atomic mass is 10.1. The Kier molecular flexibility index (Phi) is 4.82. The standard InChI is InChI=1S/C26H21N3O3/c1-17-23-21(12-14-28(25(23)30)16-18-8-10-20(32-2)11-9-18)24-22(27-17)13-15-29(26(24)31)19-6-4-3-5-7-19/h3-15H,16H2,1-2H3. The predicted molar refractivity (Wildman–Crippen MR) is 126 cm³/mol. The Bertz CT molecular complexity index is 1570. The number of benzene rings is 2. The van der Waals surface area contributed by atoms with Gasteiger partial charge < -0.3 is 9.30 Å². The largest absolute Gasteiger partial charge is 0.497 e. The van der Waals surface area contributed by atoms with Crippen LogP contribution in [-0.4, -0.2) is 21.2 Å². The highest BCUT2D eigenvalue weighted by Crippen LogP contribution is 2.22. The van der Waals surface area contributed by atoms with Crippen LogP contribution >= 0.6 is 0 Å². The second kappa shape index (κ2) is 7.81. The van der Waals surface area contributed by atoms with Gasteiger partial charge in [-0.05, 0) is 48.9 Å². The van der Waals surface area contributed by atoms with Gasteiger partial charge in [0.15, 0.2) is 0 Å². The van der Waals surface area contributed by atoms with Gasteiger partial charge in [0.2, 0.25) is 0 Å². The minimum Gasteiger partial charge on any atom is -0.497 e. The topological polar surface area (TPSA) is 66.1 Å². The highest BCUT2D eigenvalue weighted by Gasteiger charge is 2.15. The number of nitrogens with zero attached hydrogens (tertiary/aromatic N) is 3. The molecule has 0 fully saturated rings. The fourth-order valence-corrected chi connectivity index (χ4v) is 4.09. The molecule has 5 aromatic rings. The van der Waals surface area contributed by atoms with Crippen molar-refractivity contribution < 1.29 is 4.74 Å². The van der Waals surface area contributed by atoms with Gasteiger partial charge in [-0.15, -0.1) is 0 Å². The molecule has 0 aliphatic rings. The summed E-state index contributed by atoms with van der Waals surface area (Å²) in [6.07, 6.45) is 3.47. The first-order valence-electron chi connectivity index (χ1n) is 10.3. The molecule has 0 spiro atoms. The molecule has 6 nitrogen and oxygen atoms in total. The number of aromatic nitrogens is 3. The molecule has 0 saturated carbocycles. The first-order chi connectivity index (χ1) is 15.6. The summed E-state index contributed by atoms with van der Waals surface area (Å²) in [6, 6.07) is 20.7. The summed E-state index contributed by atoms with van der Waals surface area (Å²) in [5.74, 6) is 0.765. The van der Waals surface area contributed by atoms with Gasteiger partial charge in [-0.2, -0.15) is 0 Å². The third-order valence-electron chi connectivity index (χ3n) is 5.70. The van der Waals surface area contributed by atoms with Gasteiger partial charge in [0.05, 0.1) is 35.6 Å². The molecular weight excluding hydrogens is 402 g/mol. The molecule has 0 bridgehead atoms. The van der Waals surface area contributed by atoms with Crippen molar-refractivity contribution in [3.63, 3.8) is 0 Å². The van der Waals surface area contributed by atoms with Crippen LogP contribution < -0.4 is 15.9 Å². The number of methoxy groups -OCH3 is 1. The minimum atomic E-state index is -0.196. The summed E-state index contributed by atoms with van der Waals surface area (Å²) in [5, 5.41) is 1.54. The van der Waals surface area contributed by atoms with Crippen LogP contribution in [-0.2, 0) is 6.54 Å². The molecule has 0 aliphatic heterocycles. The van der Waals surface area contributed by atoms with E-state index in [1.54, 1.807) is 28.6 Å². The number of hydrogen-bond acceptors (Lipinski definition) is 4. The Hall–Kier alpha value is -4.19. The molecule has 0 atom stereocenters. The summed E-state index contributed by atoms with van der Waals surface area (Å²) in [6.45, 7) is 2.23. The zero-order valence-electron chi connectivity index (χ0n) is 17.8. The Morgan fingerprint density at radius 1 is 0.844 bits per heavy atom. The number of hydrogen-bond donors (Lipinski definition) is 0. The van der Waals surface area contributed by atoms with Gasteiger partial charge in [-0.3, -0.25) is 19.1 Å². The van der Waals surface area contributed by atoms with E-state index >= 15 is 0 Å². The minimum absolute atomic E-state index is 0.167. The molecule has 2 aromatic carbocycles. The van der Waals surface area contributed by atoms with Crippen molar-refractivity contribution in [1.29, 1.82) is 0 Å². The third-order valence-corrected chi connectivity index (χ3v) is 5.70. The second-order valence-electron chi connectivity index (χ2n) is 7.67. The van der Waals surface area contributed by atoms with Crippen molar-refractivity contribution in [2.24, 2.45) is 0 Å². The Labute approximate surface area is 184 Å². The van der Waals surface area contributed by atoms with Crippen molar-refractivity contribution >= 4 is 21.7 Å². The second-order valence-corrected chi connectivity index (χ2v) is 7.67. The van der Waals surface area contributed by atoms with Crippen molar-refractivity contribution in [3.05, 3.63) is 111 Å². The van der Waals surface area contributed by atoms with Crippen molar-refractivity contribution in [2.75, 3.05) is 7.11 Å². The number of aryl methyl sites for hydroxylation is 1. The molecule has 0 amide bonds. The Morgan fingerprint density at radius 3 is 2.31 bits per heavy atom. The Morgan fingerprint density at radius 2 is 1.59 bits per heavy atom. The molecular formula is C26H21N3O3. The maximum Gasteiger partial charge on any atom is 0.265 e. The van der Waals surface area contributed by atoms with E-state index in [1.165, 1.54) is 0 Å². The van der Waals surface area contributed by atoms with E-state index in [9.17, 15) is 9.59 Å².